The van der Waals surface area contributed by atoms with Gasteiger partial charge in [0.25, 0.3) is 11.6 Å². The third-order valence-electron chi connectivity index (χ3n) is 6.03. The lowest BCUT2D eigenvalue weighted by molar-refractivity contribution is -0.384. The van der Waals surface area contributed by atoms with Gasteiger partial charge < -0.3 is 9.80 Å². The molecule has 1 amide bonds. The van der Waals surface area contributed by atoms with Crippen LogP contribution in [0.4, 0.5) is 15.8 Å². The number of para-hydroxylation sites is 1. The van der Waals surface area contributed by atoms with Crippen LogP contribution >= 0.6 is 0 Å². The number of benzene rings is 2. The summed E-state index contributed by atoms with van der Waals surface area (Å²) in [5.74, 6) is -0.275. The Balaban J connectivity index is 1.36. The molecular weight excluding hydrogens is 387 g/mol. The highest BCUT2D eigenvalue weighted by Gasteiger charge is 2.31. The zero-order valence-corrected chi connectivity index (χ0v) is 16.7. The van der Waals surface area contributed by atoms with Gasteiger partial charge in [0.1, 0.15) is 5.82 Å². The van der Waals surface area contributed by atoms with Crippen molar-refractivity contribution < 1.29 is 14.1 Å². The smallest absolute Gasteiger partial charge is 0.269 e. The maximum atomic E-state index is 14.1. The predicted octanol–water partition coefficient (Wildman–Crippen LogP) is 3.16. The Morgan fingerprint density at radius 2 is 1.70 bits per heavy atom. The number of carbonyl (C=O) groups is 1. The Kier molecular flexibility index (Phi) is 5.94. The molecule has 2 saturated heterocycles. The monoisotopic (exact) mass is 412 g/mol. The van der Waals surface area contributed by atoms with Gasteiger partial charge in [0, 0.05) is 63.0 Å². The molecule has 0 bridgehead atoms. The zero-order valence-electron chi connectivity index (χ0n) is 16.7. The lowest BCUT2D eigenvalue weighted by Crippen LogP contribution is -2.56. The summed E-state index contributed by atoms with van der Waals surface area (Å²) >= 11 is 0. The van der Waals surface area contributed by atoms with Gasteiger partial charge in [-0.2, -0.15) is 0 Å². The lowest BCUT2D eigenvalue weighted by Gasteiger charge is -2.44. The number of halogens is 1. The fourth-order valence-electron chi connectivity index (χ4n) is 4.38. The molecule has 2 fully saturated rings. The topological polar surface area (TPSA) is 69.9 Å². The Labute approximate surface area is 174 Å². The van der Waals surface area contributed by atoms with E-state index in [0.29, 0.717) is 24.3 Å². The number of rotatable bonds is 4. The molecule has 30 heavy (non-hydrogen) atoms. The highest BCUT2D eigenvalue weighted by atomic mass is 19.1. The van der Waals surface area contributed by atoms with Crippen molar-refractivity contribution in [1.82, 2.24) is 9.80 Å². The van der Waals surface area contributed by atoms with Gasteiger partial charge in [0.2, 0.25) is 0 Å². The summed E-state index contributed by atoms with van der Waals surface area (Å²) in [6.07, 6.45) is 1.96. The summed E-state index contributed by atoms with van der Waals surface area (Å²) in [4.78, 5) is 29.5. The van der Waals surface area contributed by atoms with Gasteiger partial charge in [0.05, 0.1) is 10.6 Å². The number of nitro groups is 1. The molecule has 0 aliphatic carbocycles. The zero-order chi connectivity index (χ0) is 21.1. The Morgan fingerprint density at radius 1 is 1.00 bits per heavy atom. The average Bonchev–Trinajstić information content (AvgIpc) is 2.79. The van der Waals surface area contributed by atoms with E-state index in [1.807, 2.05) is 17.0 Å². The van der Waals surface area contributed by atoms with Crippen molar-refractivity contribution in [3.63, 3.8) is 0 Å². The molecule has 0 aromatic heterocycles. The van der Waals surface area contributed by atoms with Crippen LogP contribution in [0.1, 0.15) is 23.2 Å². The molecular formula is C22H25FN4O3. The second-order valence-electron chi connectivity index (χ2n) is 7.83. The molecule has 2 aliphatic heterocycles. The summed E-state index contributed by atoms with van der Waals surface area (Å²) in [6, 6.07) is 12.9. The van der Waals surface area contributed by atoms with Crippen molar-refractivity contribution in [2.75, 3.05) is 44.2 Å². The van der Waals surface area contributed by atoms with Crippen molar-refractivity contribution in [1.29, 1.82) is 0 Å². The average molecular weight is 412 g/mol. The highest BCUT2D eigenvalue weighted by Crippen LogP contribution is 2.24. The van der Waals surface area contributed by atoms with Crippen molar-refractivity contribution in [3.8, 4) is 0 Å². The SMILES string of the molecule is O=C(c1ccc([N+](=O)[O-])cc1)N1CCC[C@@H](N2CCN(c3ccccc3F)CC2)C1. The minimum Gasteiger partial charge on any atom is -0.367 e. The molecule has 2 aromatic carbocycles. The number of nitrogens with zero attached hydrogens (tertiary/aromatic N) is 4. The number of nitro benzene ring substituents is 1. The quantitative estimate of drug-likeness (QED) is 0.570. The third-order valence-corrected chi connectivity index (χ3v) is 6.03. The van der Waals surface area contributed by atoms with Crippen LogP contribution in [0.25, 0.3) is 0 Å². The number of non-ortho nitro benzene ring substituents is 1. The Bertz CT molecular complexity index is 913. The van der Waals surface area contributed by atoms with E-state index in [1.54, 1.807) is 6.07 Å². The number of anilines is 1. The Hall–Kier alpha value is -3.00. The molecule has 2 aromatic rings. The first kappa shape index (κ1) is 20.3. The van der Waals surface area contributed by atoms with Crippen molar-refractivity contribution >= 4 is 17.3 Å². The lowest BCUT2D eigenvalue weighted by atomic mass is 10.0. The molecule has 0 radical (unpaired) electrons. The fraction of sp³-hybridized carbons (Fsp3) is 0.409. The molecule has 0 N–H and O–H groups in total. The fourth-order valence-corrected chi connectivity index (χ4v) is 4.38. The first-order valence-electron chi connectivity index (χ1n) is 10.3. The largest absolute Gasteiger partial charge is 0.367 e. The number of carbonyl (C=O) groups excluding carboxylic acids is 1. The van der Waals surface area contributed by atoms with Crippen LogP contribution in [0.2, 0.25) is 0 Å². The minimum atomic E-state index is -0.466. The van der Waals surface area contributed by atoms with Crippen LogP contribution in [0.15, 0.2) is 48.5 Å². The number of likely N-dealkylation sites (tertiary alicyclic amines) is 1. The van der Waals surface area contributed by atoms with Gasteiger partial charge in [-0.1, -0.05) is 12.1 Å². The molecule has 0 spiro atoms. The summed E-state index contributed by atoms with van der Waals surface area (Å²) in [5.41, 5.74) is 1.11. The van der Waals surface area contributed by atoms with Crippen LogP contribution in [0, 0.1) is 15.9 Å². The molecule has 0 saturated carbocycles. The number of hydrogen-bond donors (Lipinski definition) is 0. The van der Waals surface area contributed by atoms with Gasteiger partial charge in [-0.05, 0) is 37.1 Å². The highest BCUT2D eigenvalue weighted by molar-refractivity contribution is 5.94. The van der Waals surface area contributed by atoms with Crippen LogP contribution in [0.3, 0.4) is 0 Å². The molecule has 2 heterocycles. The molecule has 2 aliphatic rings. The van der Waals surface area contributed by atoms with Gasteiger partial charge >= 0.3 is 0 Å². The van der Waals surface area contributed by atoms with Crippen LogP contribution in [-0.4, -0.2) is 65.9 Å². The van der Waals surface area contributed by atoms with Gasteiger partial charge in [-0.25, -0.2) is 4.39 Å². The summed E-state index contributed by atoms with van der Waals surface area (Å²) in [7, 11) is 0. The van der Waals surface area contributed by atoms with Crippen molar-refractivity contribution in [2.45, 2.75) is 18.9 Å². The van der Waals surface area contributed by atoms with E-state index in [1.165, 1.54) is 30.3 Å². The second-order valence-corrected chi connectivity index (χ2v) is 7.83. The molecule has 0 unspecified atom stereocenters. The van der Waals surface area contributed by atoms with E-state index in [2.05, 4.69) is 9.80 Å². The molecule has 1 atom stereocenters. The van der Waals surface area contributed by atoms with E-state index in [-0.39, 0.29) is 23.5 Å². The number of piperazine rings is 1. The maximum absolute atomic E-state index is 14.1. The molecule has 8 heteroatoms. The second kappa shape index (κ2) is 8.79. The van der Waals surface area contributed by atoms with Crippen LogP contribution < -0.4 is 4.90 Å². The van der Waals surface area contributed by atoms with Gasteiger partial charge in [-0.15, -0.1) is 0 Å². The number of piperidine rings is 1. The minimum absolute atomic E-state index is 0.0178. The standard InChI is InChI=1S/C22H25FN4O3/c23-20-5-1-2-6-21(20)25-14-12-24(13-15-25)19-4-3-11-26(16-19)22(28)17-7-9-18(10-8-17)27(29)30/h1-2,5-10,19H,3-4,11-16H2/t19-/m1/s1. The first-order chi connectivity index (χ1) is 14.5. The summed E-state index contributed by atoms with van der Waals surface area (Å²) in [6.45, 7) is 4.52. The van der Waals surface area contributed by atoms with E-state index < -0.39 is 4.92 Å². The third kappa shape index (κ3) is 4.28. The predicted molar refractivity (Wildman–Crippen MR) is 112 cm³/mol. The molecule has 4 rings (SSSR count). The number of hydrogen-bond acceptors (Lipinski definition) is 5. The number of amides is 1. The van der Waals surface area contributed by atoms with Crippen LogP contribution in [0.5, 0.6) is 0 Å². The maximum Gasteiger partial charge on any atom is 0.269 e. The van der Waals surface area contributed by atoms with E-state index in [0.717, 1.165) is 39.0 Å². The Morgan fingerprint density at radius 3 is 2.37 bits per heavy atom. The van der Waals surface area contributed by atoms with Gasteiger partial charge in [-0.3, -0.25) is 19.8 Å². The molecule has 7 nitrogen and oxygen atoms in total. The normalized spacial score (nSPS) is 20.2. The summed E-state index contributed by atoms with van der Waals surface area (Å²) in [5, 5.41) is 10.8. The van der Waals surface area contributed by atoms with Crippen molar-refractivity contribution in [3.05, 3.63) is 70.0 Å². The van der Waals surface area contributed by atoms with Crippen molar-refractivity contribution in [2.24, 2.45) is 0 Å². The van der Waals surface area contributed by atoms with E-state index in [4.69, 9.17) is 0 Å². The summed E-state index contributed by atoms with van der Waals surface area (Å²) < 4.78 is 14.1. The van der Waals surface area contributed by atoms with Crippen LogP contribution in [-0.2, 0) is 0 Å². The van der Waals surface area contributed by atoms with Gasteiger partial charge in [0.15, 0.2) is 0 Å². The first-order valence-corrected chi connectivity index (χ1v) is 10.3. The van der Waals surface area contributed by atoms with E-state index >= 15 is 0 Å². The molecule has 158 valence electrons. The van der Waals surface area contributed by atoms with E-state index in [9.17, 15) is 19.3 Å².